The van der Waals surface area contributed by atoms with Crippen molar-refractivity contribution in [3.63, 3.8) is 0 Å². The SMILES string of the molecule is O=c1c(CN2CCCCC2)ccc2n1C[C@H]1C[C@@H]2CN(Cc2ccc(F)cn2)C1. The van der Waals surface area contributed by atoms with Gasteiger partial charge in [0.25, 0.3) is 5.56 Å². The molecule has 3 aliphatic heterocycles. The maximum absolute atomic E-state index is 13.2. The molecule has 5 rings (SSSR count). The molecular weight excluding hydrogens is 367 g/mol. The second kappa shape index (κ2) is 8.00. The van der Waals surface area contributed by atoms with Gasteiger partial charge in [-0.2, -0.15) is 0 Å². The van der Waals surface area contributed by atoms with E-state index in [4.69, 9.17) is 0 Å². The number of fused-ring (bicyclic) bond motifs is 4. The van der Waals surface area contributed by atoms with Crippen molar-refractivity contribution < 1.29 is 4.39 Å². The minimum atomic E-state index is -0.294. The van der Waals surface area contributed by atoms with Crippen LogP contribution in [0.1, 0.15) is 48.6 Å². The second-order valence-corrected chi connectivity index (χ2v) is 9.00. The Morgan fingerprint density at radius 1 is 0.966 bits per heavy atom. The van der Waals surface area contributed by atoms with Gasteiger partial charge in [0.2, 0.25) is 0 Å². The normalized spacial score (nSPS) is 25.0. The molecule has 0 radical (unpaired) electrons. The largest absolute Gasteiger partial charge is 0.312 e. The number of hydrogen-bond donors (Lipinski definition) is 0. The van der Waals surface area contributed by atoms with Crippen LogP contribution in [0.4, 0.5) is 4.39 Å². The van der Waals surface area contributed by atoms with Crippen LogP contribution in [0, 0.1) is 11.7 Å². The van der Waals surface area contributed by atoms with Gasteiger partial charge in [0, 0.05) is 49.9 Å². The van der Waals surface area contributed by atoms with E-state index in [1.807, 2.05) is 0 Å². The fourth-order valence-electron chi connectivity index (χ4n) is 5.43. The summed E-state index contributed by atoms with van der Waals surface area (Å²) in [4.78, 5) is 22.3. The van der Waals surface area contributed by atoms with Gasteiger partial charge < -0.3 is 4.57 Å². The molecule has 2 bridgehead atoms. The molecule has 0 aliphatic carbocycles. The molecule has 2 fully saturated rings. The number of pyridine rings is 2. The average molecular weight is 397 g/mol. The molecule has 0 aromatic carbocycles. The van der Waals surface area contributed by atoms with Gasteiger partial charge in [-0.05, 0) is 56.5 Å². The summed E-state index contributed by atoms with van der Waals surface area (Å²) < 4.78 is 15.2. The van der Waals surface area contributed by atoms with E-state index in [1.165, 1.54) is 37.2 Å². The highest BCUT2D eigenvalue weighted by atomic mass is 19.1. The van der Waals surface area contributed by atoms with E-state index < -0.39 is 0 Å². The zero-order chi connectivity index (χ0) is 19.8. The van der Waals surface area contributed by atoms with Crippen LogP contribution >= 0.6 is 0 Å². The fraction of sp³-hybridized carbons (Fsp3) is 0.565. The summed E-state index contributed by atoms with van der Waals surface area (Å²) in [6.07, 6.45) is 6.24. The molecular formula is C23H29FN4O. The molecule has 6 heteroatoms. The zero-order valence-corrected chi connectivity index (χ0v) is 16.9. The first-order chi connectivity index (χ1) is 14.2. The standard InChI is InChI=1S/C23H29FN4O/c24-20-5-6-21(25-11-20)16-27-12-17-10-19(15-27)22-7-4-18(23(29)28(22)13-17)14-26-8-2-1-3-9-26/h4-7,11,17,19H,1-3,8-10,12-16H2/t17-,19+/m0/s1. The fourth-order valence-corrected chi connectivity index (χ4v) is 5.43. The van der Waals surface area contributed by atoms with Crippen molar-refractivity contribution in [3.8, 4) is 0 Å². The lowest BCUT2D eigenvalue weighted by atomic mass is 9.83. The van der Waals surface area contributed by atoms with Crippen LogP contribution in [0.25, 0.3) is 0 Å². The lowest BCUT2D eigenvalue weighted by Crippen LogP contribution is -2.47. The van der Waals surface area contributed by atoms with Crippen molar-refractivity contribution in [2.45, 2.75) is 51.2 Å². The number of rotatable bonds is 4. The van der Waals surface area contributed by atoms with E-state index in [0.29, 0.717) is 11.8 Å². The minimum absolute atomic E-state index is 0.219. The third-order valence-corrected chi connectivity index (χ3v) is 6.78. The second-order valence-electron chi connectivity index (χ2n) is 9.00. The number of halogens is 1. The number of aromatic nitrogens is 2. The van der Waals surface area contributed by atoms with Crippen molar-refractivity contribution in [3.05, 3.63) is 63.6 Å². The number of piperidine rings is 2. The Labute approximate surface area is 171 Å². The van der Waals surface area contributed by atoms with Gasteiger partial charge in [-0.1, -0.05) is 12.5 Å². The van der Waals surface area contributed by atoms with Crippen molar-refractivity contribution in [1.82, 2.24) is 19.4 Å². The Balaban J connectivity index is 1.33. The molecule has 3 aliphatic rings. The maximum atomic E-state index is 13.2. The van der Waals surface area contributed by atoms with E-state index in [-0.39, 0.29) is 11.4 Å². The van der Waals surface area contributed by atoms with Crippen molar-refractivity contribution in [2.24, 2.45) is 5.92 Å². The van der Waals surface area contributed by atoms with Crippen LogP contribution in [-0.2, 0) is 19.6 Å². The highest BCUT2D eigenvalue weighted by Crippen LogP contribution is 2.35. The summed E-state index contributed by atoms with van der Waals surface area (Å²) >= 11 is 0. The molecule has 2 saturated heterocycles. The van der Waals surface area contributed by atoms with Crippen molar-refractivity contribution in [1.29, 1.82) is 0 Å². The topological polar surface area (TPSA) is 41.4 Å². The van der Waals surface area contributed by atoms with Crippen LogP contribution in [0.2, 0.25) is 0 Å². The summed E-state index contributed by atoms with van der Waals surface area (Å²) in [6.45, 7) is 6.46. The third-order valence-electron chi connectivity index (χ3n) is 6.78. The lowest BCUT2D eigenvalue weighted by molar-refractivity contribution is 0.113. The summed E-state index contributed by atoms with van der Waals surface area (Å²) in [5.74, 6) is 0.585. The quantitative estimate of drug-likeness (QED) is 0.797. The summed E-state index contributed by atoms with van der Waals surface area (Å²) in [7, 11) is 0. The van der Waals surface area contributed by atoms with Gasteiger partial charge in [0.05, 0.1) is 11.9 Å². The molecule has 0 amide bonds. The van der Waals surface area contributed by atoms with E-state index in [1.54, 1.807) is 6.07 Å². The molecule has 0 unspecified atom stereocenters. The molecule has 2 aromatic heterocycles. The molecule has 2 atom stereocenters. The van der Waals surface area contributed by atoms with Gasteiger partial charge in [-0.15, -0.1) is 0 Å². The zero-order valence-electron chi connectivity index (χ0n) is 16.9. The Morgan fingerprint density at radius 2 is 1.83 bits per heavy atom. The molecule has 2 aromatic rings. The van der Waals surface area contributed by atoms with E-state index >= 15 is 0 Å². The van der Waals surface area contributed by atoms with Crippen LogP contribution in [0.3, 0.4) is 0 Å². The summed E-state index contributed by atoms with van der Waals surface area (Å²) in [5.41, 5.74) is 3.26. The van der Waals surface area contributed by atoms with Crippen LogP contribution in [0.5, 0.6) is 0 Å². The molecule has 5 heterocycles. The van der Waals surface area contributed by atoms with Crippen molar-refractivity contribution in [2.75, 3.05) is 26.2 Å². The van der Waals surface area contributed by atoms with Gasteiger partial charge in [0.1, 0.15) is 5.82 Å². The predicted molar refractivity (Wildman–Crippen MR) is 110 cm³/mol. The molecule has 29 heavy (non-hydrogen) atoms. The van der Waals surface area contributed by atoms with E-state index in [2.05, 4.69) is 31.5 Å². The first-order valence-corrected chi connectivity index (χ1v) is 10.9. The van der Waals surface area contributed by atoms with Gasteiger partial charge in [-0.3, -0.25) is 19.6 Å². The number of nitrogens with zero attached hydrogens (tertiary/aromatic N) is 4. The molecule has 154 valence electrons. The van der Waals surface area contributed by atoms with Crippen LogP contribution in [-0.4, -0.2) is 45.5 Å². The minimum Gasteiger partial charge on any atom is -0.312 e. The highest BCUT2D eigenvalue weighted by Gasteiger charge is 2.35. The molecule has 0 N–H and O–H groups in total. The third kappa shape index (κ3) is 4.01. The molecule has 5 nitrogen and oxygen atoms in total. The van der Waals surface area contributed by atoms with Gasteiger partial charge >= 0.3 is 0 Å². The van der Waals surface area contributed by atoms with E-state index in [9.17, 15) is 9.18 Å². The summed E-state index contributed by atoms with van der Waals surface area (Å²) in [6, 6.07) is 7.52. The maximum Gasteiger partial charge on any atom is 0.255 e. The van der Waals surface area contributed by atoms with Gasteiger partial charge in [0.15, 0.2) is 0 Å². The molecule has 0 saturated carbocycles. The first-order valence-electron chi connectivity index (χ1n) is 10.9. The number of likely N-dealkylation sites (tertiary alicyclic amines) is 2. The Kier molecular flexibility index (Phi) is 5.22. The smallest absolute Gasteiger partial charge is 0.255 e. The monoisotopic (exact) mass is 396 g/mol. The van der Waals surface area contributed by atoms with Crippen LogP contribution < -0.4 is 5.56 Å². The van der Waals surface area contributed by atoms with Crippen LogP contribution in [0.15, 0.2) is 35.3 Å². The lowest BCUT2D eigenvalue weighted by Gasteiger charge is -2.43. The van der Waals surface area contributed by atoms with E-state index in [0.717, 1.165) is 63.5 Å². The predicted octanol–water partition coefficient (Wildman–Crippen LogP) is 2.99. The van der Waals surface area contributed by atoms with Crippen molar-refractivity contribution >= 4 is 0 Å². The Bertz CT molecular complexity index is 919. The molecule has 0 spiro atoms. The number of hydrogen-bond acceptors (Lipinski definition) is 4. The highest BCUT2D eigenvalue weighted by molar-refractivity contribution is 5.22. The first kappa shape index (κ1) is 18.9. The average Bonchev–Trinajstić information content (AvgIpc) is 2.73. The summed E-state index contributed by atoms with van der Waals surface area (Å²) in [5, 5.41) is 0. The Hall–Kier alpha value is -2.05. The van der Waals surface area contributed by atoms with Gasteiger partial charge in [-0.25, -0.2) is 4.39 Å². The Morgan fingerprint density at radius 3 is 2.62 bits per heavy atom.